The number of para-hydroxylation sites is 1. The quantitative estimate of drug-likeness (QED) is 0.829. The molecule has 1 unspecified atom stereocenters. The van der Waals surface area contributed by atoms with E-state index >= 15 is 0 Å². The van der Waals surface area contributed by atoms with Crippen molar-refractivity contribution in [1.82, 2.24) is 10.6 Å². The number of hydrogen-bond donors (Lipinski definition) is 2. The molecule has 1 heterocycles. The molecule has 6 heteroatoms. The lowest BCUT2D eigenvalue weighted by molar-refractivity contribution is -0.122. The van der Waals surface area contributed by atoms with Gasteiger partial charge in [0, 0.05) is 25.6 Å². The van der Waals surface area contributed by atoms with Crippen LogP contribution in [0.2, 0.25) is 0 Å². The predicted octanol–water partition coefficient (Wildman–Crippen LogP) is 2.90. The van der Waals surface area contributed by atoms with Crippen molar-refractivity contribution in [3.05, 3.63) is 60.2 Å². The number of nitrogens with one attached hydrogen (secondary N) is 2. The first-order chi connectivity index (χ1) is 11.8. The molecule has 2 N–H and O–H groups in total. The van der Waals surface area contributed by atoms with Gasteiger partial charge in [0.15, 0.2) is 0 Å². The fourth-order valence-corrected chi connectivity index (χ4v) is 2.59. The first kappa shape index (κ1) is 19.2. The van der Waals surface area contributed by atoms with E-state index in [1.54, 1.807) is 0 Å². The van der Waals surface area contributed by atoms with E-state index in [9.17, 15) is 4.79 Å². The van der Waals surface area contributed by atoms with Gasteiger partial charge in [0.1, 0.15) is 11.5 Å². The van der Waals surface area contributed by atoms with Crippen molar-refractivity contribution < 1.29 is 14.3 Å². The summed E-state index contributed by atoms with van der Waals surface area (Å²) in [7, 11) is 0. The molecule has 0 aliphatic carbocycles. The van der Waals surface area contributed by atoms with Crippen LogP contribution in [0, 0.1) is 0 Å². The van der Waals surface area contributed by atoms with Gasteiger partial charge in [-0.25, -0.2) is 0 Å². The highest BCUT2D eigenvalue weighted by Gasteiger charge is 2.16. The molecule has 1 aliphatic rings. The van der Waals surface area contributed by atoms with Crippen molar-refractivity contribution in [2.24, 2.45) is 0 Å². The van der Waals surface area contributed by atoms with E-state index in [4.69, 9.17) is 9.47 Å². The topological polar surface area (TPSA) is 59.6 Å². The molecule has 5 nitrogen and oxygen atoms in total. The number of ether oxygens (including phenoxy) is 2. The number of carbonyl (C=O) groups excluding carboxylic acids is 1. The van der Waals surface area contributed by atoms with Gasteiger partial charge in [-0.15, -0.1) is 12.4 Å². The minimum Gasteiger partial charge on any atom is -0.457 e. The van der Waals surface area contributed by atoms with Gasteiger partial charge < -0.3 is 20.1 Å². The fraction of sp³-hybridized carbons (Fsp3) is 0.316. The Morgan fingerprint density at radius 3 is 2.72 bits per heavy atom. The van der Waals surface area contributed by atoms with Crippen molar-refractivity contribution in [2.75, 3.05) is 19.8 Å². The molecule has 0 spiro atoms. The Balaban J connectivity index is 0.00000225. The molecular formula is C19H23ClN2O3. The summed E-state index contributed by atoms with van der Waals surface area (Å²) in [4.78, 5) is 12.0. The third-order valence-electron chi connectivity index (χ3n) is 3.80. The molecule has 3 rings (SSSR count). The molecule has 1 saturated heterocycles. The van der Waals surface area contributed by atoms with Gasteiger partial charge in [-0.2, -0.15) is 0 Å². The molecule has 2 aromatic rings. The average molecular weight is 363 g/mol. The van der Waals surface area contributed by atoms with E-state index in [2.05, 4.69) is 10.6 Å². The van der Waals surface area contributed by atoms with Crippen LogP contribution in [0.15, 0.2) is 54.6 Å². The van der Waals surface area contributed by atoms with Crippen molar-refractivity contribution in [1.29, 1.82) is 0 Å². The minimum atomic E-state index is 0. The fourth-order valence-electron chi connectivity index (χ4n) is 2.59. The minimum absolute atomic E-state index is 0. The first-order valence-electron chi connectivity index (χ1n) is 8.19. The summed E-state index contributed by atoms with van der Waals surface area (Å²) in [6.45, 7) is 2.59. The maximum atomic E-state index is 12.0. The van der Waals surface area contributed by atoms with Crippen molar-refractivity contribution in [3.8, 4) is 11.5 Å². The summed E-state index contributed by atoms with van der Waals surface area (Å²) < 4.78 is 11.2. The largest absolute Gasteiger partial charge is 0.457 e. The molecule has 25 heavy (non-hydrogen) atoms. The van der Waals surface area contributed by atoms with E-state index < -0.39 is 0 Å². The molecule has 1 amide bonds. The Morgan fingerprint density at radius 2 is 1.96 bits per heavy atom. The van der Waals surface area contributed by atoms with Gasteiger partial charge in [0.25, 0.3) is 0 Å². The molecule has 0 saturated carbocycles. The number of amides is 1. The zero-order valence-electron chi connectivity index (χ0n) is 13.9. The van der Waals surface area contributed by atoms with Crippen LogP contribution < -0.4 is 15.4 Å². The van der Waals surface area contributed by atoms with Gasteiger partial charge in [0.2, 0.25) is 5.91 Å². The molecular weight excluding hydrogens is 340 g/mol. The van der Waals surface area contributed by atoms with E-state index in [0.717, 1.165) is 23.6 Å². The Bertz CT molecular complexity index is 661. The zero-order chi connectivity index (χ0) is 16.6. The SMILES string of the molecule is Cl.O=C(CC1COCCN1)NCc1cccc(Oc2ccccc2)c1. The second-order valence-electron chi connectivity index (χ2n) is 5.77. The second-order valence-corrected chi connectivity index (χ2v) is 5.77. The summed E-state index contributed by atoms with van der Waals surface area (Å²) in [5, 5.41) is 6.23. The van der Waals surface area contributed by atoms with Crippen LogP contribution in [0.25, 0.3) is 0 Å². The number of benzene rings is 2. The van der Waals surface area contributed by atoms with Crippen LogP contribution >= 0.6 is 12.4 Å². The lowest BCUT2D eigenvalue weighted by Gasteiger charge is -2.23. The molecule has 0 aromatic heterocycles. The third-order valence-corrected chi connectivity index (χ3v) is 3.80. The number of morpholine rings is 1. The molecule has 0 radical (unpaired) electrons. The number of hydrogen-bond acceptors (Lipinski definition) is 4. The summed E-state index contributed by atoms with van der Waals surface area (Å²) in [5.74, 6) is 1.57. The number of rotatable bonds is 6. The van der Waals surface area contributed by atoms with Crippen molar-refractivity contribution in [2.45, 2.75) is 19.0 Å². The van der Waals surface area contributed by atoms with Crippen LogP contribution in [-0.2, 0) is 16.1 Å². The van der Waals surface area contributed by atoms with Gasteiger partial charge in [-0.05, 0) is 29.8 Å². The second kappa shape index (κ2) is 10.0. The first-order valence-corrected chi connectivity index (χ1v) is 8.19. The van der Waals surface area contributed by atoms with E-state index in [1.807, 2.05) is 54.6 Å². The zero-order valence-corrected chi connectivity index (χ0v) is 14.8. The smallest absolute Gasteiger partial charge is 0.221 e. The Kier molecular flexibility index (Phi) is 7.73. The van der Waals surface area contributed by atoms with Gasteiger partial charge in [0.05, 0.1) is 13.2 Å². The lowest BCUT2D eigenvalue weighted by Crippen LogP contribution is -2.44. The normalized spacial score (nSPS) is 16.6. The molecule has 134 valence electrons. The highest BCUT2D eigenvalue weighted by atomic mass is 35.5. The lowest BCUT2D eigenvalue weighted by atomic mass is 10.1. The van der Waals surface area contributed by atoms with Crippen LogP contribution in [0.1, 0.15) is 12.0 Å². The summed E-state index contributed by atoms with van der Waals surface area (Å²) >= 11 is 0. The van der Waals surface area contributed by atoms with E-state index in [1.165, 1.54) is 0 Å². The van der Waals surface area contributed by atoms with E-state index in [-0.39, 0.29) is 24.4 Å². The Morgan fingerprint density at radius 1 is 1.16 bits per heavy atom. The molecule has 0 bridgehead atoms. The van der Waals surface area contributed by atoms with E-state index in [0.29, 0.717) is 26.2 Å². The highest BCUT2D eigenvalue weighted by Crippen LogP contribution is 2.21. The molecule has 1 fully saturated rings. The summed E-state index contributed by atoms with van der Waals surface area (Å²) in [5.41, 5.74) is 1.00. The summed E-state index contributed by atoms with van der Waals surface area (Å²) in [6, 6.07) is 17.5. The standard InChI is InChI=1S/C19H22N2O3.ClH/c22-19(12-16-14-23-10-9-20-16)21-13-15-5-4-8-18(11-15)24-17-6-2-1-3-7-17;/h1-8,11,16,20H,9-10,12-14H2,(H,21,22);1H. The van der Waals surface area contributed by atoms with Crippen LogP contribution in [-0.4, -0.2) is 31.7 Å². The number of carbonyl (C=O) groups is 1. The van der Waals surface area contributed by atoms with Gasteiger partial charge in [-0.3, -0.25) is 4.79 Å². The summed E-state index contributed by atoms with van der Waals surface area (Å²) in [6.07, 6.45) is 0.431. The Labute approximate surface area is 154 Å². The molecule has 1 atom stereocenters. The molecule has 1 aliphatic heterocycles. The highest BCUT2D eigenvalue weighted by molar-refractivity contribution is 5.85. The average Bonchev–Trinajstić information content (AvgIpc) is 2.62. The van der Waals surface area contributed by atoms with Crippen LogP contribution in [0.3, 0.4) is 0 Å². The van der Waals surface area contributed by atoms with Crippen LogP contribution in [0.5, 0.6) is 11.5 Å². The monoisotopic (exact) mass is 362 g/mol. The maximum Gasteiger partial charge on any atom is 0.221 e. The maximum absolute atomic E-state index is 12.0. The van der Waals surface area contributed by atoms with Crippen LogP contribution in [0.4, 0.5) is 0 Å². The van der Waals surface area contributed by atoms with Crippen molar-refractivity contribution in [3.63, 3.8) is 0 Å². The van der Waals surface area contributed by atoms with Gasteiger partial charge >= 0.3 is 0 Å². The number of halogens is 1. The van der Waals surface area contributed by atoms with Crippen molar-refractivity contribution >= 4 is 18.3 Å². The third kappa shape index (κ3) is 6.38. The Hall–Kier alpha value is -2.08. The van der Waals surface area contributed by atoms with Gasteiger partial charge in [-0.1, -0.05) is 30.3 Å². The predicted molar refractivity (Wildman–Crippen MR) is 99.3 cm³/mol. The molecule has 2 aromatic carbocycles.